The summed E-state index contributed by atoms with van der Waals surface area (Å²) in [6, 6.07) is 0.867. The van der Waals surface area contributed by atoms with E-state index in [1.54, 1.807) is 6.92 Å². The van der Waals surface area contributed by atoms with Gasteiger partial charge in [0.25, 0.3) is 5.91 Å². The molecule has 1 amide bonds. The average molecular weight is 488 g/mol. The van der Waals surface area contributed by atoms with Crippen molar-refractivity contribution in [3.05, 3.63) is 39.5 Å². The fraction of sp³-hybridized carbons (Fsp3) is 0.478. The van der Waals surface area contributed by atoms with Crippen molar-refractivity contribution >= 4 is 39.0 Å². The number of anilines is 2. The van der Waals surface area contributed by atoms with Crippen molar-refractivity contribution in [2.24, 2.45) is 11.7 Å². The van der Waals surface area contributed by atoms with Crippen LogP contribution in [0.1, 0.15) is 38.9 Å². The molecule has 1 fully saturated rings. The van der Waals surface area contributed by atoms with E-state index in [2.05, 4.69) is 20.3 Å². The number of aromatic nitrogens is 3. The van der Waals surface area contributed by atoms with E-state index in [9.17, 15) is 9.18 Å². The van der Waals surface area contributed by atoms with Crippen molar-refractivity contribution in [1.82, 2.24) is 20.3 Å². The zero-order chi connectivity index (χ0) is 24.1. The second-order valence-corrected chi connectivity index (χ2v) is 10.2. The number of fused-ring (bicyclic) bond motifs is 2. The third kappa shape index (κ3) is 3.96. The molecule has 3 atom stereocenters. The first kappa shape index (κ1) is 22.9. The van der Waals surface area contributed by atoms with Crippen LogP contribution in [0.2, 0.25) is 0 Å². The number of nitrogen functional groups attached to an aromatic ring is 1. The summed E-state index contributed by atoms with van der Waals surface area (Å²) in [5, 5.41) is 3.71. The lowest BCUT2D eigenvalue weighted by molar-refractivity contribution is 0.0938. The highest BCUT2D eigenvalue weighted by atomic mass is 32.1. The number of halogens is 2. The van der Waals surface area contributed by atoms with Crippen LogP contribution in [0.5, 0.6) is 0 Å². The number of amides is 1. The number of nitrogens with one attached hydrogen (secondary N) is 1. The molecule has 11 heteroatoms. The maximum absolute atomic E-state index is 15.1. The second-order valence-electron chi connectivity index (χ2n) is 9.17. The number of nitrogens with two attached hydrogens (primary N) is 2. The largest absolute Gasteiger partial charge is 0.397 e. The number of pyridine rings is 1. The molecule has 0 saturated carbocycles. The van der Waals surface area contributed by atoms with Crippen molar-refractivity contribution in [1.29, 1.82) is 0 Å². The number of nitrogens with zero attached hydrogens (tertiary/aromatic N) is 4. The second kappa shape index (κ2) is 8.70. The summed E-state index contributed by atoms with van der Waals surface area (Å²) in [7, 11) is 0. The number of carbonyl (C=O) groups is 1. The van der Waals surface area contributed by atoms with Crippen LogP contribution in [0, 0.1) is 25.6 Å². The van der Waals surface area contributed by atoms with Crippen LogP contribution in [-0.2, 0) is 12.8 Å². The van der Waals surface area contributed by atoms with E-state index in [4.69, 9.17) is 11.5 Å². The van der Waals surface area contributed by atoms with Crippen molar-refractivity contribution in [3.8, 4) is 0 Å². The van der Waals surface area contributed by atoms with E-state index in [1.165, 1.54) is 17.4 Å². The number of aryl methyl sites for hydroxylation is 3. The van der Waals surface area contributed by atoms with Gasteiger partial charge in [-0.15, -0.1) is 11.3 Å². The van der Waals surface area contributed by atoms with Gasteiger partial charge in [-0.3, -0.25) is 9.18 Å². The van der Waals surface area contributed by atoms with Crippen LogP contribution in [0.25, 0.3) is 10.2 Å². The summed E-state index contributed by atoms with van der Waals surface area (Å²) in [6.45, 7) is 4.03. The fourth-order valence-electron chi connectivity index (χ4n) is 4.94. The van der Waals surface area contributed by atoms with Gasteiger partial charge in [-0.2, -0.15) is 0 Å². The Labute approximate surface area is 199 Å². The van der Waals surface area contributed by atoms with E-state index in [-0.39, 0.29) is 29.7 Å². The van der Waals surface area contributed by atoms with Gasteiger partial charge in [-0.05, 0) is 33.1 Å². The molecule has 0 radical (unpaired) electrons. The Balaban J connectivity index is 1.33. The Bertz CT molecular complexity index is 1280. The number of hydrogen-bond acceptors (Lipinski definition) is 8. The van der Waals surface area contributed by atoms with Crippen LogP contribution in [0.3, 0.4) is 0 Å². The van der Waals surface area contributed by atoms with Crippen molar-refractivity contribution in [2.45, 2.75) is 45.2 Å². The number of rotatable bonds is 4. The Kier molecular flexibility index (Phi) is 5.85. The molecule has 3 unspecified atom stereocenters. The molecule has 8 nitrogen and oxygen atoms in total. The van der Waals surface area contributed by atoms with Crippen LogP contribution in [0.15, 0.2) is 6.07 Å². The molecule has 1 aliphatic heterocycles. The minimum atomic E-state index is -0.497. The summed E-state index contributed by atoms with van der Waals surface area (Å²) in [6.07, 6.45) is 1.50. The normalized spacial score (nSPS) is 22.3. The summed E-state index contributed by atoms with van der Waals surface area (Å²) >= 11 is 1.24. The predicted molar refractivity (Wildman–Crippen MR) is 128 cm³/mol. The molecule has 3 aromatic rings. The molecule has 1 saturated heterocycles. The van der Waals surface area contributed by atoms with Crippen LogP contribution < -0.4 is 21.7 Å². The third-order valence-corrected chi connectivity index (χ3v) is 7.86. The topological polar surface area (TPSA) is 123 Å². The minimum Gasteiger partial charge on any atom is -0.397 e. The third-order valence-electron chi connectivity index (χ3n) is 6.76. The van der Waals surface area contributed by atoms with Gasteiger partial charge < -0.3 is 21.7 Å². The quantitative estimate of drug-likeness (QED) is 0.517. The molecule has 0 bridgehead atoms. The van der Waals surface area contributed by atoms with Gasteiger partial charge >= 0.3 is 0 Å². The molecule has 180 valence electrons. The van der Waals surface area contributed by atoms with Crippen molar-refractivity contribution in [2.75, 3.05) is 30.4 Å². The molecule has 5 rings (SSSR count). The van der Waals surface area contributed by atoms with Gasteiger partial charge in [0.05, 0.1) is 23.4 Å². The summed E-state index contributed by atoms with van der Waals surface area (Å²) in [5.74, 6) is 0.203. The standard InChI is InChI=1S/C23H27F2N7OS/c1-10-19-20(27)21(34-23(19)29-11(2)28-10)22(33)30-13-3-4-17-14(5-13)15(25)6-18(31-17)32-8-12(7-24)16(26)9-32/h6,12-13,16H,3-5,7-9,26-27H2,1-2H3,(H,30,33). The fourth-order valence-corrected chi connectivity index (χ4v) is 6.03. The molecule has 3 aromatic heterocycles. The van der Waals surface area contributed by atoms with E-state index in [1.807, 2.05) is 11.8 Å². The van der Waals surface area contributed by atoms with E-state index >= 15 is 4.39 Å². The highest BCUT2D eigenvalue weighted by molar-refractivity contribution is 7.21. The van der Waals surface area contributed by atoms with Crippen LogP contribution >= 0.6 is 11.3 Å². The van der Waals surface area contributed by atoms with Crippen molar-refractivity contribution < 1.29 is 13.6 Å². The Morgan fingerprint density at radius 3 is 2.82 bits per heavy atom. The summed E-state index contributed by atoms with van der Waals surface area (Å²) < 4.78 is 28.2. The summed E-state index contributed by atoms with van der Waals surface area (Å²) in [4.78, 5) is 29.3. The molecular formula is C23H27F2N7OS. The van der Waals surface area contributed by atoms with E-state index < -0.39 is 6.67 Å². The zero-order valence-electron chi connectivity index (χ0n) is 19.1. The first-order valence-corrected chi connectivity index (χ1v) is 12.2. The van der Waals surface area contributed by atoms with Crippen molar-refractivity contribution in [3.63, 3.8) is 0 Å². The maximum atomic E-state index is 15.1. The molecule has 1 aliphatic carbocycles. The minimum absolute atomic E-state index is 0.239. The smallest absolute Gasteiger partial charge is 0.263 e. The highest BCUT2D eigenvalue weighted by Crippen LogP contribution is 2.35. The van der Waals surface area contributed by atoms with Gasteiger partial charge in [0.2, 0.25) is 0 Å². The zero-order valence-corrected chi connectivity index (χ0v) is 19.9. The van der Waals surface area contributed by atoms with Gasteiger partial charge in [0, 0.05) is 48.4 Å². The molecule has 4 heterocycles. The average Bonchev–Trinajstić information content (AvgIpc) is 3.33. The molecule has 2 aliphatic rings. The van der Waals surface area contributed by atoms with Gasteiger partial charge in [0.15, 0.2) is 0 Å². The number of thiophene rings is 1. The molecule has 0 spiro atoms. The molecule has 5 N–H and O–H groups in total. The van der Waals surface area contributed by atoms with Crippen LogP contribution in [0.4, 0.5) is 20.3 Å². The van der Waals surface area contributed by atoms with Gasteiger partial charge in [-0.25, -0.2) is 19.3 Å². The number of hydrogen-bond donors (Lipinski definition) is 3. The summed E-state index contributed by atoms with van der Waals surface area (Å²) in [5.41, 5.74) is 14.6. The maximum Gasteiger partial charge on any atom is 0.263 e. The highest BCUT2D eigenvalue weighted by Gasteiger charge is 2.33. The Hall–Kier alpha value is -2.92. The molecular weight excluding hydrogens is 460 g/mol. The lowest BCUT2D eigenvalue weighted by Crippen LogP contribution is -2.39. The van der Waals surface area contributed by atoms with Gasteiger partial charge in [0.1, 0.15) is 27.2 Å². The lowest BCUT2D eigenvalue weighted by atomic mass is 9.91. The molecule has 34 heavy (non-hydrogen) atoms. The lowest BCUT2D eigenvalue weighted by Gasteiger charge is -2.27. The van der Waals surface area contributed by atoms with Gasteiger partial charge in [-0.1, -0.05) is 0 Å². The monoisotopic (exact) mass is 487 g/mol. The first-order valence-electron chi connectivity index (χ1n) is 11.3. The molecule has 0 aromatic carbocycles. The van der Waals surface area contributed by atoms with Crippen LogP contribution in [-0.4, -0.2) is 52.7 Å². The Morgan fingerprint density at radius 1 is 1.29 bits per heavy atom. The predicted octanol–water partition coefficient (Wildman–Crippen LogP) is 2.44. The Morgan fingerprint density at radius 2 is 2.09 bits per heavy atom. The van der Waals surface area contributed by atoms with E-state index in [0.29, 0.717) is 76.0 Å². The first-order chi connectivity index (χ1) is 16.2. The number of alkyl halides is 1. The SMILES string of the molecule is Cc1nc(C)c2c(N)c(C(=O)NC3CCc4nc(N5CC(N)C(CF)C5)cc(F)c4C3)sc2n1. The van der Waals surface area contributed by atoms with E-state index in [0.717, 1.165) is 5.69 Å². The number of carbonyl (C=O) groups excluding carboxylic acids is 1.